The van der Waals surface area contributed by atoms with Crippen LogP contribution in [-0.2, 0) is 0 Å². The second kappa shape index (κ2) is 11.6. The number of imidazole rings is 1. The summed E-state index contributed by atoms with van der Waals surface area (Å²) < 4.78 is 14.0. The van der Waals surface area contributed by atoms with Crippen LogP contribution in [0.5, 0.6) is 11.5 Å². The van der Waals surface area contributed by atoms with Crippen LogP contribution < -0.4 is 15.2 Å². The Labute approximate surface area is 221 Å². The molecule has 0 aliphatic heterocycles. The van der Waals surface area contributed by atoms with Crippen molar-refractivity contribution in [3.63, 3.8) is 0 Å². The monoisotopic (exact) mass is 522 g/mol. The first-order chi connectivity index (χ1) is 17.4. The van der Waals surface area contributed by atoms with Crippen LogP contribution in [0.4, 0.5) is 0 Å². The molecule has 0 radical (unpaired) electrons. The Morgan fingerprint density at radius 1 is 1.22 bits per heavy atom. The van der Waals surface area contributed by atoms with Gasteiger partial charge >= 0.3 is 0 Å². The van der Waals surface area contributed by atoms with Gasteiger partial charge in [0.1, 0.15) is 11.9 Å². The van der Waals surface area contributed by atoms with Crippen molar-refractivity contribution in [2.45, 2.75) is 44.8 Å². The molecule has 1 unspecified atom stereocenters. The van der Waals surface area contributed by atoms with Gasteiger partial charge in [-0.25, -0.2) is 4.98 Å². The molecule has 0 saturated heterocycles. The molecule has 1 saturated carbocycles. The maximum absolute atomic E-state index is 9.21. The highest BCUT2D eigenvalue weighted by atomic mass is 35.5. The Bertz CT molecular complexity index is 1380. The molecule has 8 heteroatoms. The summed E-state index contributed by atoms with van der Waals surface area (Å²) in [5, 5.41) is 10.1. The van der Waals surface area contributed by atoms with Crippen molar-refractivity contribution in [1.29, 1.82) is 5.26 Å². The number of methoxy groups -OCH3 is 1. The van der Waals surface area contributed by atoms with E-state index in [0.717, 1.165) is 29.7 Å². The van der Waals surface area contributed by atoms with Gasteiger partial charge < -0.3 is 19.8 Å². The second-order valence-electron chi connectivity index (χ2n) is 8.66. The van der Waals surface area contributed by atoms with Crippen molar-refractivity contribution in [3.8, 4) is 17.6 Å². The van der Waals surface area contributed by atoms with E-state index in [9.17, 15) is 5.26 Å². The lowest BCUT2D eigenvalue weighted by Crippen LogP contribution is -2.12. The van der Waals surface area contributed by atoms with E-state index in [1.54, 1.807) is 25.3 Å². The zero-order valence-corrected chi connectivity index (χ0v) is 21.8. The summed E-state index contributed by atoms with van der Waals surface area (Å²) in [5.74, 6) is 2.13. The molecule has 2 N–H and O–H groups in total. The Balaban J connectivity index is 1.78. The highest BCUT2D eigenvalue weighted by molar-refractivity contribution is 6.42. The van der Waals surface area contributed by atoms with E-state index in [-0.39, 0.29) is 12.1 Å². The van der Waals surface area contributed by atoms with Crippen LogP contribution in [0.2, 0.25) is 10.0 Å². The molecule has 3 aromatic rings. The van der Waals surface area contributed by atoms with Gasteiger partial charge in [-0.05, 0) is 69.0 Å². The molecule has 1 heterocycles. The summed E-state index contributed by atoms with van der Waals surface area (Å²) in [4.78, 5) is 4.82. The van der Waals surface area contributed by atoms with Gasteiger partial charge in [-0.3, -0.25) is 0 Å². The van der Waals surface area contributed by atoms with Crippen molar-refractivity contribution in [3.05, 3.63) is 75.7 Å². The number of nitriles is 1. The quantitative estimate of drug-likeness (QED) is 0.247. The van der Waals surface area contributed by atoms with Gasteiger partial charge in [0, 0.05) is 11.8 Å². The fourth-order valence-corrected chi connectivity index (χ4v) is 4.72. The van der Waals surface area contributed by atoms with Crippen LogP contribution in [0.3, 0.4) is 0 Å². The average Bonchev–Trinajstić information content (AvgIpc) is 3.51. The van der Waals surface area contributed by atoms with Crippen molar-refractivity contribution < 1.29 is 9.47 Å². The number of rotatable bonds is 8. The molecule has 1 aromatic heterocycles. The summed E-state index contributed by atoms with van der Waals surface area (Å²) in [6.07, 6.45) is 13.4. The third-order valence-corrected chi connectivity index (χ3v) is 6.98. The van der Waals surface area contributed by atoms with E-state index in [0.29, 0.717) is 32.7 Å². The molecular formula is C28H28Cl2N4O2. The van der Waals surface area contributed by atoms with Gasteiger partial charge in [0.2, 0.25) is 0 Å². The largest absolute Gasteiger partial charge is 0.493 e. The number of ether oxygens (including phenoxy) is 2. The molecule has 0 amide bonds. The van der Waals surface area contributed by atoms with Crippen LogP contribution >= 0.6 is 23.2 Å². The molecule has 186 valence electrons. The molecule has 6 nitrogen and oxygen atoms in total. The third kappa shape index (κ3) is 5.53. The van der Waals surface area contributed by atoms with Gasteiger partial charge in [0.15, 0.2) is 11.5 Å². The SMILES string of the molecule is COc1cccc(/C=C/c2nc3cc(Cl)c(Cl)cc3n2C(C)/C=C\C(C#N)=C/N)c1OC1CCCC1. The molecule has 1 atom stereocenters. The predicted molar refractivity (Wildman–Crippen MR) is 146 cm³/mol. The number of allylic oxidation sites excluding steroid dienone is 3. The van der Waals surface area contributed by atoms with E-state index in [4.69, 9.17) is 43.4 Å². The minimum Gasteiger partial charge on any atom is -0.493 e. The molecule has 0 spiro atoms. The molecule has 1 aliphatic carbocycles. The first-order valence-corrected chi connectivity index (χ1v) is 12.6. The van der Waals surface area contributed by atoms with Crippen molar-refractivity contribution >= 4 is 46.4 Å². The van der Waals surface area contributed by atoms with Crippen LogP contribution in [0, 0.1) is 11.3 Å². The van der Waals surface area contributed by atoms with E-state index in [2.05, 4.69) is 6.07 Å². The van der Waals surface area contributed by atoms with Crippen LogP contribution in [0.1, 0.15) is 50.0 Å². The molecule has 4 rings (SSSR count). The Hall–Kier alpha value is -3.40. The van der Waals surface area contributed by atoms with Gasteiger partial charge in [-0.1, -0.05) is 41.4 Å². The summed E-state index contributed by atoms with van der Waals surface area (Å²) >= 11 is 12.6. The summed E-state index contributed by atoms with van der Waals surface area (Å²) in [5.41, 5.74) is 8.34. The standard InChI is InChI=1S/C28H28Cl2N4O2/c1-18(10-11-19(16-31)17-32)34-25-15-23(30)22(29)14-24(25)33-27(34)13-12-20-6-5-9-26(35-2)28(20)36-21-7-3-4-8-21/h5-6,9-16,18,21H,3-4,7-8,31H2,1-2H3/b11-10-,13-12+,19-16+. The Kier molecular flexibility index (Phi) is 8.25. The number of aromatic nitrogens is 2. The zero-order valence-electron chi connectivity index (χ0n) is 20.2. The van der Waals surface area contributed by atoms with Crippen LogP contribution in [0.25, 0.3) is 23.2 Å². The number of halogens is 2. The average molecular weight is 523 g/mol. The summed E-state index contributed by atoms with van der Waals surface area (Å²) in [7, 11) is 1.65. The molecule has 0 bridgehead atoms. The Morgan fingerprint density at radius 2 is 1.97 bits per heavy atom. The number of nitrogens with zero attached hydrogens (tertiary/aromatic N) is 3. The third-order valence-electron chi connectivity index (χ3n) is 6.26. The lowest BCUT2D eigenvalue weighted by Gasteiger charge is -2.18. The minimum absolute atomic E-state index is 0.158. The van der Waals surface area contributed by atoms with Crippen molar-refractivity contribution in [2.75, 3.05) is 7.11 Å². The van der Waals surface area contributed by atoms with Crippen molar-refractivity contribution in [2.24, 2.45) is 5.73 Å². The Morgan fingerprint density at radius 3 is 2.67 bits per heavy atom. The second-order valence-corrected chi connectivity index (χ2v) is 9.48. The maximum Gasteiger partial charge on any atom is 0.168 e. The fraction of sp³-hybridized carbons (Fsp3) is 0.286. The molecule has 36 heavy (non-hydrogen) atoms. The van der Waals surface area contributed by atoms with E-state index < -0.39 is 0 Å². The van der Waals surface area contributed by atoms with Gasteiger partial charge in [0.05, 0.1) is 45.9 Å². The highest BCUT2D eigenvalue weighted by Crippen LogP contribution is 2.36. The number of para-hydroxylation sites is 1. The number of nitrogens with two attached hydrogens (primary N) is 1. The number of hydrogen-bond acceptors (Lipinski definition) is 5. The topological polar surface area (TPSA) is 86.1 Å². The maximum atomic E-state index is 9.21. The predicted octanol–water partition coefficient (Wildman–Crippen LogP) is 7.33. The normalized spacial score (nSPS) is 15.7. The minimum atomic E-state index is -0.158. The summed E-state index contributed by atoms with van der Waals surface area (Å²) in [6.45, 7) is 2.00. The van der Waals surface area contributed by atoms with E-state index in [1.807, 2.05) is 47.9 Å². The fourth-order valence-electron chi connectivity index (χ4n) is 4.40. The van der Waals surface area contributed by atoms with Gasteiger partial charge in [-0.15, -0.1) is 0 Å². The number of benzene rings is 2. The van der Waals surface area contributed by atoms with Crippen LogP contribution in [0.15, 0.2) is 54.3 Å². The number of hydrogen-bond donors (Lipinski definition) is 1. The molecular weight excluding hydrogens is 495 g/mol. The first-order valence-electron chi connectivity index (χ1n) is 11.8. The first kappa shape index (κ1) is 25.7. The van der Waals surface area contributed by atoms with Crippen LogP contribution in [-0.4, -0.2) is 22.8 Å². The van der Waals surface area contributed by atoms with Crippen molar-refractivity contribution in [1.82, 2.24) is 9.55 Å². The van der Waals surface area contributed by atoms with Gasteiger partial charge in [-0.2, -0.15) is 5.26 Å². The summed E-state index contributed by atoms with van der Waals surface area (Å²) in [6, 6.07) is 11.3. The number of fused-ring (bicyclic) bond motifs is 1. The lowest BCUT2D eigenvalue weighted by molar-refractivity contribution is 0.200. The van der Waals surface area contributed by atoms with E-state index >= 15 is 0 Å². The smallest absolute Gasteiger partial charge is 0.168 e. The van der Waals surface area contributed by atoms with E-state index in [1.165, 1.54) is 19.0 Å². The van der Waals surface area contributed by atoms with Gasteiger partial charge in [0.25, 0.3) is 0 Å². The lowest BCUT2D eigenvalue weighted by atomic mass is 10.1. The molecule has 1 fully saturated rings. The zero-order chi connectivity index (χ0) is 25.7. The highest BCUT2D eigenvalue weighted by Gasteiger charge is 2.20. The molecule has 1 aliphatic rings. The molecule has 2 aromatic carbocycles.